The predicted octanol–water partition coefficient (Wildman–Crippen LogP) is 2.54. The molecule has 8 atom stereocenters. The van der Waals surface area contributed by atoms with E-state index in [-0.39, 0.29) is 17.6 Å². The van der Waals surface area contributed by atoms with Gasteiger partial charge in [-0.05, 0) is 74.5 Å². The number of rotatable bonds is 0. The van der Waals surface area contributed by atoms with Crippen LogP contribution < -0.4 is 0 Å². The Kier molecular flexibility index (Phi) is 3.24. The summed E-state index contributed by atoms with van der Waals surface area (Å²) >= 11 is 0. The lowest BCUT2D eigenvalue weighted by Gasteiger charge is -2.56. The minimum Gasteiger partial charge on any atom is -0.393 e. The Balaban J connectivity index is 1.62. The van der Waals surface area contributed by atoms with Crippen molar-refractivity contribution >= 4 is 5.78 Å². The molecule has 0 bridgehead atoms. The molecule has 4 saturated carbocycles. The second kappa shape index (κ2) is 4.79. The molecule has 21 heavy (non-hydrogen) atoms. The van der Waals surface area contributed by atoms with Gasteiger partial charge in [-0.1, -0.05) is 6.92 Å². The fourth-order valence-electron chi connectivity index (χ4n) is 6.59. The van der Waals surface area contributed by atoms with Crippen LogP contribution >= 0.6 is 0 Å². The summed E-state index contributed by atoms with van der Waals surface area (Å²) in [5.41, 5.74) is -0.0953. The van der Waals surface area contributed by atoms with E-state index in [0.717, 1.165) is 51.4 Å². The number of ketones is 1. The van der Waals surface area contributed by atoms with Crippen LogP contribution in [0.15, 0.2) is 0 Å². The van der Waals surface area contributed by atoms with E-state index in [0.29, 0.717) is 35.4 Å². The van der Waals surface area contributed by atoms with Gasteiger partial charge in [0, 0.05) is 11.8 Å². The van der Waals surface area contributed by atoms with Crippen molar-refractivity contribution in [3.05, 3.63) is 0 Å². The molecule has 2 N–H and O–H groups in total. The number of carbonyl (C=O) groups is 1. The quantitative estimate of drug-likeness (QED) is 0.721. The van der Waals surface area contributed by atoms with Crippen LogP contribution in [0.4, 0.5) is 0 Å². The van der Waals surface area contributed by atoms with Crippen LogP contribution in [0, 0.1) is 35.0 Å². The van der Waals surface area contributed by atoms with Crippen LogP contribution in [0.3, 0.4) is 0 Å². The van der Waals surface area contributed by atoms with Gasteiger partial charge in [0.1, 0.15) is 5.78 Å². The Morgan fingerprint density at radius 3 is 2.52 bits per heavy atom. The third kappa shape index (κ3) is 1.96. The minimum atomic E-state index is -0.260. The van der Waals surface area contributed by atoms with E-state index in [1.54, 1.807) is 0 Å². The Hall–Kier alpha value is -0.410. The first kappa shape index (κ1) is 14.2. The number of hydrogen-bond donors (Lipinski definition) is 2. The van der Waals surface area contributed by atoms with E-state index in [1.807, 2.05) is 0 Å². The fraction of sp³-hybridized carbons (Fsp3) is 0.944. The molecule has 0 saturated heterocycles. The van der Waals surface area contributed by atoms with Gasteiger partial charge >= 0.3 is 0 Å². The largest absolute Gasteiger partial charge is 0.393 e. The molecule has 0 radical (unpaired) electrons. The molecule has 3 nitrogen and oxygen atoms in total. The second-order valence-electron chi connectivity index (χ2n) is 8.45. The van der Waals surface area contributed by atoms with Gasteiger partial charge in [-0.25, -0.2) is 0 Å². The van der Waals surface area contributed by atoms with Crippen molar-refractivity contribution in [2.75, 3.05) is 0 Å². The zero-order chi connectivity index (χ0) is 14.8. The van der Waals surface area contributed by atoms with E-state index in [2.05, 4.69) is 6.92 Å². The Bertz CT molecular complexity index is 448. The standard InChI is InChI=1S/C18H28O3/c1-18-7-6-12-11-3-2-10(19)8-14(11)16(20)9-13(12)15(18)4-5-17(18)21/h10-16,19-20H,2-9H2,1H3/t10-,11-,12-,13-,14+,15+,16-,18+/m1/s1. The van der Waals surface area contributed by atoms with Crippen molar-refractivity contribution in [1.29, 1.82) is 0 Å². The SMILES string of the molecule is C[C@]12CC[C@@H]3[C@H]4CC[C@@H](O)C[C@@H]4[C@H](O)C[C@H]3[C@@H]1CCC2=O. The van der Waals surface area contributed by atoms with Crippen molar-refractivity contribution in [1.82, 2.24) is 0 Å². The third-order valence-corrected chi connectivity index (χ3v) is 7.69. The summed E-state index contributed by atoms with van der Waals surface area (Å²) in [5, 5.41) is 20.6. The Morgan fingerprint density at radius 2 is 1.71 bits per heavy atom. The second-order valence-corrected chi connectivity index (χ2v) is 8.45. The summed E-state index contributed by atoms with van der Waals surface area (Å²) in [6.07, 6.45) is 7.17. The molecule has 0 amide bonds. The molecule has 0 spiro atoms. The zero-order valence-electron chi connectivity index (χ0n) is 13.0. The molecule has 4 rings (SSSR count). The van der Waals surface area contributed by atoms with Gasteiger partial charge in [-0.15, -0.1) is 0 Å². The van der Waals surface area contributed by atoms with Crippen LogP contribution in [0.5, 0.6) is 0 Å². The Morgan fingerprint density at radius 1 is 0.952 bits per heavy atom. The van der Waals surface area contributed by atoms with Gasteiger partial charge in [0.05, 0.1) is 12.2 Å². The highest BCUT2D eigenvalue weighted by Gasteiger charge is 2.58. The van der Waals surface area contributed by atoms with Crippen molar-refractivity contribution in [2.24, 2.45) is 35.0 Å². The van der Waals surface area contributed by atoms with Gasteiger partial charge in [0.25, 0.3) is 0 Å². The van der Waals surface area contributed by atoms with E-state index < -0.39 is 0 Å². The highest BCUT2D eigenvalue weighted by Crippen LogP contribution is 2.61. The number of fused-ring (bicyclic) bond motifs is 5. The van der Waals surface area contributed by atoms with Crippen LogP contribution in [0.25, 0.3) is 0 Å². The zero-order valence-corrected chi connectivity index (χ0v) is 13.0. The molecule has 0 aromatic heterocycles. The first-order chi connectivity index (χ1) is 10.0. The van der Waals surface area contributed by atoms with E-state index >= 15 is 0 Å². The molecule has 4 aliphatic rings. The van der Waals surface area contributed by atoms with Crippen molar-refractivity contribution in [3.8, 4) is 0 Å². The molecular weight excluding hydrogens is 264 g/mol. The number of carbonyl (C=O) groups excluding carboxylic acids is 1. The molecule has 0 unspecified atom stereocenters. The lowest BCUT2D eigenvalue weighted by atomic mass is 9.50. The van der Waals surface area contributed by atoms with Gasteiger partial charge < -0.3 is 10.2 Å². The van der Waals surface area contributed by atoms with Crippen molar-refractivity contribution in [3.63, 3.8) is 0 Å². The normalized spacial score (nSPS) is 56.5. The summed E-state index contributed by atoms with van der Waals surface area (Å²) in [5.74, 6) is 3.10. The van der Waals surface area contributed by atoms with Crippen LogP contribution in [0.1, 0.15) is 58.3 Å². The van der Waals surface area contributed by atoms with E-state index in [9.17, 15) is 15.0 Å². The summed E-state index contributed by atoms with van der Waals surface area (Å²) in [4.78, 5) is 12.3. The topological polar surface area (TPSA) is 57.5 Å². The smallest absolute Gasteiger partial charge is 0.139 e. The summed E-state index contributed by atoms with van der Waals surface area (Å²) in [6.45, 7) is 2.19. The van der Waals surface area contributed by atoms with Gasteiger partial charge in [0.2, 0.25) is 0 Å². The predicted molar refractivity (Wildman–Crippen MR) is 79.5 cm³/mol. The molecular formula is C18H28O3. The van der Waals surface area contributed by atoms with Crippen molar-refractivity contribution < 1.29 is 15.0 Å². The van der Waals surface area contributed by atoms with Crippen LogP contribution in [-0.2, 0) is 4.79 Å². The van der Waals surface area contributed by atoms with Crippen LogP contribution in [0.2, 0.25) is 0 Å². The number of hydrogen-bond acceptors (Lipinski definition) is 3. The molecule has 4 fully saturated rings. The molecule has 0 heterocycles. The van der Waals surface area contributed by atoms with Crippen LogP contribution in [-0.4, -0.2) is 28.2 Å². The number of aliphatic hydroxyl groups excluding tert-OH is 2. The van der Waals surface area contributed by atoms with Gasteiger partial charge in [0.15, 0.2) is 0 Å². The summed E-state index contributed by atoms with van der Waals surface area (Å²) in [6, 6.07) is 0. The van der Waals surface area contributed by atoms with Gasteiger partial charge in [-0.3, -0.25) is 4.79 Å². The summed E-state index contributed by atoms with van der Waals surface area (Å²) in [7, 11) is 0. The maximum absolute atomic E-state index is 12.3. The molecule has 4 aliphatic carbocycles. The molecule has 0 aromatic carbocycles. The average molecular weight is 292 g/mol. The fourth-order valence-corrected chi connectivity index (χ4v) is 6.59. The lowest BCUT2D eigenvalue weighted by Crippen LogP contribution is -2.53. The maximum atomic E-state index is 12.3. The van der Waals surface area contributed by atoms with Gasteiger partial charge in [-0.2, -0.15) is 0 Å². The summed E-state index contributed by atoms with van der Waals surface area (Å²) < 4.78 is 0. The monoisotopic (exact) mass is 292 g/mol. The average Bonchev–Trinajstić information content (AvgIpc) is 2.76. The highest BCUT2D eigenvalue weighted by atomic mass is 16.3. The minimum absolute atomic E-state index is 0.0953. The molecule has 118 valence electrons. The molecule has 0 aromatic rings. The lowest BCUT2D eigenvalue weighted by molar-refractivity contribution is -0.141. The number of Topliss-reactive ketones (excluding diaryl/α,β-unsaturated/α-hetero) is 1. The first-order valence-corrected chi connectivity index (χ1v) is 8.90. The molecule has 0 aliphatic heterocycles. The highest BCUT2D eigenvalue weighted by molar-refractivity contribution is 5.87. The maximum Gasteiger partial charge on any atom is 0.139 e. The van der Waals surface area contributed by atoms with E-state index in [1.165, 1.54) is 0 Å². The van der Waals surface area contributed by atoms with E-state index in [4.69, 9.17) is 0 Å². The van der Waals surface area contributed by atoms with Crippen molar-refractivity contribution in [2.45, 2.75) is 70.5 Å². The molecule has 3 heteroatoms. The Labute approximate surface area is 127 Å². The third-order valence-electron chi connectivity index (χ3n) is 7.69. The number of aliphatic hydroxyl groups is 2. The first-order valence-electron chi connectivity index (χ1n) is 8.90.